The van der Waals surface area contributed by atoms with Gasteiger partial charge in [-0.05, 0) is 106 Å². The lowest BCUT2D eigenvalue weighted by Crippen LogP contribution is -2.28. The molecule has 0 aromatic heterocycles. The topological polar surface area (TPSA) is 18.5 Å². The predicted octanol–water partition coefficient (Wildman–Crippen LogP) is 8.99. The third kappa shape index (κ3) is 7.08. The number of halogens is 2. The first kappa shape index (κ1) is 26.6. The fourth-order valence-electron chi connectivity index (χ4n) is 7.08. The summed E-state index contributed by atoms with van der Waals surface area (Å²) in [4.78, 5) is 0. The Bertz CT molecular complexity index is 785. The van der Waals surface area contributed by atoms with E-state index in [2.05, 4.69) is 12.7 Å². The third-order valence-corrected chi connectivity index (χ3v) is 9.31. The summed E-state index contributed by atoms with van der Waals surface area (Å²) in [6, 6.07) is 3.22. The van der Waals surface area contributed by atoms with E-state index in [0.29, 0.717) is 18.8 Å². The molecule has 2 aliphatic carbocycles. The van der Waals surface area contributed by atoms with Crippen LogP contribution in [0.3, 0.4) is 0 Å². The van der Waals surface area contributed by atoms with E-state index in [1.54, 1.807) is 19.1 Å². The number of hydrogen-bond donors (Lipinski definition) is 0. The molecule has 0 spiro atoms. The van der Waals surface area contributed by atoms with E-state index in [-0.39, 0.29) is 17.8 Å². The maximum atomic E-state index is 14.6. The van der Waals surface area contributed by atoms with E-state index in [9.17, 15) is 8.78 Å². The predicted molar refractivity (Wildman–Crippen MR) is 139 cm³/mol. The molecular formula is C31H46F2O2. The van der Waals surface area contributed by atoms with Crippen LogP contribution in [0.1, 0.15) is 108 Å². The Morgan fingerprint density at radius 2 is 1.51 bits per heavy atom. The highest BCUT2D eigenvalue weighted by molar-refractivity contribution is 5.33. The summed E-state index contributed by atoms with van der Waals surface area (Å²) in [6.07, 6.45) is 20.4. The van der Waals surface area contributed by atoms with E-state index in [0.717, 1.165) is 42.9 Å². The lowest BCUT2D eigenvalue weighted by atomic mass is 9.68. The molecule has 1 aliphatic heterocycles. The molecule has 2 atom stereocenters. The van der Waals surface area contributed by atoms with Gasteiger partial charge in [0.2, 0.25) is 5.82 Å². The van der Waals surface area contributed by atoms with Crippen molar-refractivity contribution in [1.82, 2.24) is 0 Å². The molecule has 0 radical (unpaired) electrons. The molecule has 1 heterocycles. The van der Waals surface area contributed by atoms with E-state index in [1.165, 1.54) is 70.6 Å². The molecule has 3 aliphatic rings. The summed E-state index contributed by atoms with van der Waals surface area (Å²) in [6.45, 7) is 6.45. The third-order valence-electron chi connectivity index (χ3n) is 9.31. The first-order valence-electron chi connectivity index (χ1n) is 14.4. The summed E-state index contributed by atoms with van der Waals surface area (Å²) < 4.78 is 40.2. The van der Waals surface area contributed by atoms with Gasteiger partial charge in [-0.25, -0.2) is 4.39 Å². The van der Waals surface area contributed by atoms with Crippen LogP contribution in [0.25, 0.3) is 0 Å². The van der Waals surface area contributed by atoms with Gasteiger partial charge in [0.05, 0.1) is 19.3 Å². The highest BCUT2D eigenvalue weighted by Gasteiger charge is 2.32. The fourth-order valence-corrected chi connectivity index (χ4v) is 7.08. The molecule has 4 heteroatoms. The molecule has 1 saturated heterocycles. The SMILES string of the molecule is C=CCCC1CCC(C2CCC(CCC3CCC(c4ccc(OCC)c(F)c4F)CO3)CC2)CC1. The van der Waals surface area contributed by atoms with Gasteiger partial charge in [0.15, 0.2) is 11.6 Å². The summed E-state index contributed by atoms with van der Waals surface area (Å²) in [5.74, 6) is 2.00. The molecule has 2 unspecified atom stereocenters. The van der Waals surface area contributed by atoms with Gasteiger partial charge in [-0.2, -0.15) is 4.39 Å². The molecule has 0 amide bonds. The molecule has 1 aromatic rings. The summed E-state index contributed by atoms with van der Waals surface area (Å²) in [5.41, 5.74) is 0.428. The molecule has 2 nitrogen and oxygen atoms in total. The van der Waals surface area contributed by atoms with Crippen LogP contribution in [0.4, 0.5) is 8.78 Å². The van der Waals surface area contributed by atoms with Gasteiger partial charge in [0.25, 0.3) is 0 Å². The average molecular weight is 489 g/mol. The second-order valence-electron chi connectivity index (χ2n) is 11.4. The van der Waals surface area contributed by atoms with Crippen molar-refractivity contribution in [3.8, 4) is 5.75 Å². The van der Waals surface area contributed by atoms with E-state index >= 15 is 0 Å². The van der Waals surface area contributed by atoms with Crippen LogP contribution in [0.5, 0.6) is 5.75 Å². The Hall–Kier alpha value is -1.42. The smallest absolute Gasteiger partial charge is 0.200 e. The maximum Gasteiger partial charge on any atom is 0.200 e. The van der Waals surface area contributed by atoms with Gasteiger partial charge in [-0.15, -0.1) is 6.58 Å². The Kier molecular flexibility index (Phi) is 10.1. The minimum Gasteiger partial charge on any atom is -0.491 e. The van der Waals surface area contributed by atoms with Crippen LogP contribution >= 0.6 is 0 Å². The lowest BCUT2D eigenvalue weighted by Gasteiger charge is -2.38. The molecule has 1 aromatic carbocycles. The van der Waals surface area contributed by atoms with Crippen LogP contribution in [0.15, 0.2) is 24.8 Å². The van der Waals surface area contributed by atoms with Crippen molar-refractivity contribution in [3.63, 3.8) is 0 Å². The number of benzene rings is 1. The number of hydrogen-bond acceptors (Lipinski definition) is 2. The van der Waals surface area contributed by atoms with E-state index in [1.807, 2.05) is 0 Å². The van der Waals surface area contributed by atoms with Crippen molar-refractivity contribution in [2.24, 2.45) is 23.7 Å². The molecule has 0 bridgehead atoms. The molecule has 3 fully saturated rings. The van der Waals surface area contributed by atoms with Crippen molar-refractivity contribution >= 4 is 0 Å². The molecule has 4 rings (SSSR count). The van der Waals surface area contributed by atoms with Gasteiger partial charge in [-0.1, -0.05) is 37.8 Å². The standard InChI is InChI=1S/C31H46F2O2/c1-3-5-6-22-7-12-24(13-8-22)25-14-9-23(10-15-25)11-17-27-18-16-26(21-35-27)28-19-20-29(34-4-2)31(33)30(28)32/h3,19-20,22-27H,1,4-18,21H2,2H3. The summed E-state index contributed by atoms with van der Waals surface area (Å²) in [7, 11) is 0. The minimum atomic E-state index is -0.872. The first-order chi connectivity index (χ1) is 17.1. The van der Waals surface area contributed by atoms with Crippen molar-refractivity contribution in [2.45, 2.75) is 109 Å². The zero-order valence-corrected chi connectivity index (χ0v) is 21.8. The second kappa shape index (κ2) is 13.2. The highest BCUT2D eigenvalue weighted by atomic mass is 19.2. The summed E-state index contributed by atoms with van der Waals surface area (Å²) in [5, 5.41) is 0. The average Bonchev–Trinajstić information content (AvgIpc) is 2.90. The molecule has 196 valence electrons. The van der Waals surface area contributed by atoms with Gasteiger partial charge in [0, 0.05) is 5.92 Å². The number of ether oxygens (including phenoxy) is 2. The van der Waals surface area contributed by atoms with Crippen molar-refractivity contribution in [3.05, 3.63) is 42.0 Å². The molecule has 2 saturated carbocycles. The second-order valence-corrected chi connectivity index (χ2v) is 11.4. The van der Waals surface area contributed by atoms with Crippen molar-refractivity contribution in [1.29, 1.82) is 0 Å². The van der Waals surface area contributed by atoms with Gasteiger partial charge < -0.3 is 9.47 Å². The van der Waals surface area contributed by atoms with E-state index < -0.39 is 11.6 Å². The molecular weight excluding hydrogens is 442 g/mol. The Labute approximate surface area is 211 Å². The van der Waals surface area contributed by atoms with Crippen LogP contribution in [0, 0.1) is 35.3 Å². The van der Waals surface area contributed by atoms with E-state index in [4.69, 9.17) is 9.47 Å². The molecule has 0 N–H and O–H groups in total. The quantitative estimate of drug-likeness (QED) is 0.306. The normalized spacial score (nSPS) is 31.7. The lowest BCUT2D eigenvalue weighted by molar-refractivity contribution is -0.00637. The van der Waals surface area contributed by atoms with Crippen LogP contribution in [-0.4, -0.2) is 19.3 Å². The Morgan fingerprint density at radius 3 is 2.09 bits per heavy atom. The largest absolute Gasteiger partial charge is 0.491 e. The number of rotatable bonds is 10. The Morgan fingerprint density at radius 1 is 0.857 bits per heavy atom. The van der Waals surface area contributed by atoms with Crippen LogP contribution < -0.4 is 4.74 Å². The van der Waals surface area contributed by atoms with Crippen molar-refractivity contribution < 1.29 is 18.3 Å². The summed E-state index contributed by atoms with van der Waals surface area (Å²) >= 11 is 0. The number of allylic oxidation sites excluding steroid dienone is 1. The van der Waals surface area contributed by atoms with Gasteiger partial charge in [0.1, 0.15) is 0 Å². The Balaban J connectivity index is 1.14. The maximum absolute atomic E-state index is 14.6. The van der Waals surface area contributed by atoms with Gasteiger partial charge >= 0.3 is 0 Å². The van der Waals surface area contributed by atoms with Crippen molar-refractivity contribution in [2.75, 3.05) is 13.2 Å². The first-order valence-corrected chi connectivity index (χ1v) is 14.4. The highest BCUT2D eigenvalue weighted by Crippen LogP contribution is 2.43. The zero-order valence-electron chi connectivity index (χ0n) is 21.8. The van der Waals surface area contributed by atoms with Crippen LogP contribution in [0.2, 0.25) is 0 Å². The fraction of sp³-hybridized carbons (Fsp3) is 0.742. The van der Waals surface area contributed by atoms with Crippen LogP contribution in [-0.2, 0) is 4.74 Å². The minimum absolute atomic E-state index is 0.00530. The molecule has 35 heavy (non-hydrogen) atoms. The zero-order chi connectivity index (χ0) is 24.6. The monoisotopic (exact) mass is 488 g/mol. The van der Waals surface area contributed by atoms with Gasteiger partial charge in [-0.3, -0.25) is 0 Å².